The van der Waals surface area contributed by atoms with E-state index in [-0.39, 0.29) is 26.5 Å². The summed E-state index contributed by atoms with van der Waals surface area (Å²) in [4.78, 5) is 9.91. The number of rotatable bonds is 4. The van der Waals surface area contributed by atoms with Crippen molar-refractivity contribution >= 4 is 0 Å². The van der Waals surface area contributed by atoms with Crippen molar-refractivity contribution in [2.24, 2.45) is 0 Å². The molecule has 2 aromatic carbocycles. The van der Waals surface area contributed by atoms with E-state index in [1.165, 1.54) is 11.1 Å². The van der Waals surface area contributed by atoms with Crippen LogP contribution in [0.1, 0.15) is 36.4 Å². The van der Waals surface area contributed by atoms with Gasteiger partial charge in [0.2, 0.25) is 0 Å². The molecule has 0 spiro atoms. The number of nitrogens with zero attached hydrogens (tertiary/aromatic N) is 2. The third-order valence-corrected chi connectivity index (χ3v) is 5.27. The molecule has 0 saturated heterocycles. The second-order valence-electron chi connectivity index (χ2n) is 8.00. The first-order chi connectivity index (χ1) is 13.9. The van der Waals surface area contributed by atoms with Crippen LogP contribution in [0.2, 0.25) is 0 Å². The Hall–Kier alpha value is -2.57. The third-order valence-electron chi connectivity index (χ3n) is 5.27. The van der Waals surface area contributed by atoms with Crippen molar-refractivity contribution in [3.8, 4) is 22.5 Å². The normalized spacial score (nSPS) is 11.1. The monoisotopic (exact) mass is 571 g/mol. The predicted octanol–water partition coefficient (Wildman–Crippen LogP) is 6.35. The summed E-state index contributed by atoms with van der Waals surface area (Å²) in [5, 5.41) is 0. The minimum absolute atomic E-state index is 0. The van der Waals surface area contributed by atoms with E-state index in [0.29, 0.717) is 0 Å². The van der Waals surface area contributed by atoms with E-state index in [0.717, 1.165) is 33.9 Å². The standard InChI is InChI=1S/C27H24N2.Pt/c1-19-11-15-21(16-12-19)23-7-5-9-25(28-23)27(3,4)26-10-6-8-24(29-26)22-17-13-20(2)14-18-22;/h5-15,17H,1-4H3;/q-2;+2. The van der Waals surface area contributed by atoms with Crippen molar-refractivity contribution in [3.05, 3.63) is 107 Å². The molecule has 0 radical (unpaired) electrons. The summed E-state index contributed by atoms with van der Waals surface area (Å²) in [5.74, 6) is 0. The van der Waals surface area contributed by atoms with Crippen LogP contribution in [-0.2, 0) is 26.5 Å². The van der Waals surface area contributed by atoms with Gasteiger partial charge >= 0.3 is 21.1 Å². The first-order valence-electron chi connectivity index (χ1n) is 9.86. The Bertz CT molecular complexity index is 1040. The number of hydrogen-bond acceptors (Lipinski definition) is 2. The Morgan fingerprint density at radius 3 is 1.43 bits per heavy atom. The van der Waals surface area contributed by atoms with Crippen LogP contribution in [-0.4, -0.2) is 9.97 Å². The second kappa shape index (κ2) is 9.06. The fourth-order valence-corrected chi connectivity index (χ4v) is 3.32. The maximum Gasteiger partial charge on any atom is 2.00 e. The zero-order valence-corrected chi connectivity index (χ0v) is 19.9. The van der Waals surface area contributed by atoms with Gasteiger partial charge in [0.05, 0.1) is 0 Å². The van der Waals surface area contributed by atoms with Crippen molar-refractivity contribution in [1.29, 1.82) is 0 Å². The van der Waals surface area contributed by atoms with Crippen LogP contribution < -0.4 is 0 Å². The van der Waals surface area contributed by atoms with Gasteiger partial charge in [-0.3, -0.25) is 0 Å². The molecule has 4 aromatic rings. The molecular weight excluding hydrogens is 547 g/mol. The summed E-state index contributed by atoms with van der Waals surface area (Å²) in [6.45, 7) is 8.47. The van der Waals surface area contributed by atoms with Crippen molar-refractivity contribution in [2.75, 3.05) is 0 Å². The smallest absolute Gasteiger partial charge is 0.300 e. The molecule has 2 nitrogen and oxygen atoms in total. The number of pyridine rings is 2. The summed E-state index contributed by atoms with van der Waals surface area (Å²) in [5.41, 5.74) is 7.90. The molecule has 4 rings (SSSR count). The quantitative estimate of drug-likeness (QED) is 0.267. The van der Waals surface area contributed by atoms with Crippen molar-refractivity contribution in [3.63, 3.8) is 0 Å². The Balaban J connectivity index is 0.00000256. The van der Waals surface area contributed by atoms with Gasteiger partial charge < -0.3 is 9.97 Å². The molecule has 3 heteroatoms. The Morgan fingerprint density at radius 2 is 1.07 bits per heavy atom. The Labute approximate surface area is 193 Å². The van der Waals surface area contributed by atoms with Gasteiger partial charge in [-0.05, 0) is 37.4 Å². The van der Waals surface area contributed by atoms with E-state index < -0.39 is 0 Å². The Kier molecular flexibility index (Phi) is 6.68. The van der Waals surface area contributed by atoms with Crippen molar-refractivity contribution in [1.82, 2.24) is 9.97 Å². The SMILES string of the molecule is Cc1c[c-]c(-c2cccc(C(C)(C)c3cccc(-c4[c-]cc(C)cc4)n3)n2)cc1.[Pt+2]. The van der Waals surface area contributed by atoms with Crippen LogP contribution in [0.15, 0.2) is 72.8 Å². The van der Waals surface area contributed by atoms with Crippen LogP contribution in [0.3, 0.4) is 0 Å². The average Bonchev–Trinajstić information content (AvgIpc) is 2.75. The third kappa shape index (κ3) is 4.60. The fraction of sp³-hybridized carbons (Fsp3) is 0.185. The van der Waals surface area contributed by atoms with Crippen molar-refractivity contribution < 1.29 is 21.1 Å². The molecular formula is C27H24N2Pt. The van der Waals surface area contributed by atoms with E-state index in [9.17, 15) is 0 Å². The molecule has 0 aliphatic carbocycles. The predicted molar refractivity (Wildman–Crippen MR) is 119 cm³/mol. The first-order valence-corrected chi connectivity index (χ1v) is 9.86. The minimum atomic E-state index is -0.332. The van der Waals surface area contributed by atoms with E-state index in [1.807, 2.05) is 24.3 Å². The maximum atomic E-state index is 4.96. The molecule has 0 N–H and O–H groups in total. The van der Waals surface area contributed by atoms with Crippen LogP contribution >= 0.6 is 0 Å². The van der Waals surface area contributed by atoms with E-state index in [2.05, 4.69) is 88.4 Å². The molecule has 0 amide bonds. The largest absolute Gasteiger partial charge is 2.00 e. The Morgan fingerprint density at radius 1 is 0.633 bits per heavy atom. The van der Waals surface area contributed by atoms with Gasteiger partial charge in [0.15, 0.2) is 0 Å². The summed E-state index contributed by atoms with van der Waals surface area (Å²) in [6, 6.07) is 31.3. The number of aryl methyl sites for hydroxylation is 2. The molecule has 0 aliphatic heterocycles. The molecule has 152 valence electrons. The van der Waals surface area contributed by atoms with Gasteiger partial charge in [-0.1, -0.05) is 38.1 Å². The molecule has 0 fully saturated rings. The van der Waals surface area contributed by atoms with Crippen LogP contribution in [0.25, 0.3) is 22.5 Å². The number of hydrogen-bond donors (Lipinski definition) is 0. The maximum absolute atomic E-state index is 4.96. The van der Waals surface area contributed by atoms with E-state index >= 15 is 0 Å². The number of aromatic nitrogens is 2. The van der Waals surface area contributed by atoms with E-state index in [1.54, 1.807) is 0 Å². The molecule has 2 aromatic heterocycles. The van der Waals surface area contributed by atoms with Gasteiger partial charge in [-0.2, -0.15) is 0 Å². The van der Waals surface area contributed by atoms with E-state index in [4.69, 9.17) is 9.97 Å². The zero-order chi connectivity index (χ0) is 20.4. The summed E-state index contributed by atoms with van der Waals surface area (Å²) in [6.07, 6.45) is 0. The molecule has 0 aliphatic rings. The second-order valence-corrected chi connectivity index (χ2v) is 8.00. The van der Waals surface area contributed by atoms with Crippen LogP contribution in [0.5, 0.6) is 0 Å². The van der Waals surface area contributed by atoms with Gasteiger partial charge in [0.25, 0.3) is 0 Å². The van der Waals surface area contributed by atoms with Gasteiger partial charge in [-0.15, -0.1) is 70.8 Å². The molecule has 2 heterocycles. The number of benzene rings is 2. The minimum Gasteiger partial charge on any atom is -0.300 e. The molecule has 0 saturated carbocycles. The molecule has 0 unspecified atom stereocenters. The topological polar surface area (TPSA) is 25.8 Å². The van der Waals surface area contributed by atoms with Gasteiger partial charge in [0, 0.05) is 16.8 Å². The molecule has 0 atom stereocenters. The summed E-state index contributed by atoms with van der Waals surface area (Å²) < 4.78 is 0. The fourth-order valence-electron chi connectivity index (χ4n) is 3.32. The van der Waals surface area contributed by atoms with Gasteiger partial charge in [-0.25, -0.2) is 0 Å². The van der Waals surface area contributed by atoms with Crippen LogP contribution in [0, 0.1) is 26.0 Å². The summed E-state index contributed by atoms with van der Waals surface area (Å²) >= 11 is 0. The summed E-state index contributed by atoms with van der Waals surface area (Å²) in [7, 11) is 0. The van der Waals surface area contributed by atoms with Crippen LogP contribution in [0.4, 0.5) is 0 Å². The van der Waals surface area contributed by atoms with Gasteiger partial charge in [0.1, 0.15) is 0 Å². The molecule has 30 heavy (non-hydrogen) atoms. The average molecular weight is 572 g/mol. The zero-order valence-electron chi connectivity index (χ0n) is 17.6. The molecule has 0 bridgehead atoms. The first kappa shape index (κ1) is 22.1. The van der Waals surface area contributed by atoms with Crippen molar-refractivity contribution in [2.45, 2.75) is 33.1 Å².